The van der Waals surface area contributed by atoms with Gasteiger partial charge in [-0.05, 0) is 30.5 Å². The van der Waals surface area contributed by atoms with Gasteiger partial charge in [-0.15, -0.1) is 0 Å². The Kier molecular flexibility index (Phi) is 6.01. The second kappa shape index (κ2) is 7.63. The standard InChI is InChI=1S/C17H27N3O3S/c1-13(2)15-4-6-16(7-5-15)24(22,23)20-10-8-19(9-11-20)17(21)12-14(3)18/h4-7,13-14H,8-12,18H2,1-3H3. The maximum Gasteiger partial charge on any atom is 0.243 e. The van der Waals surface area contributed by atoms with E-state index in [1.54, 1.807) is 24.0 Å². The number of rotatable bonds is 5. The molecular weight excluding hydrogens is 326 g/mol. The summed E-state index contributed by atoms with van der Waals surface area (Å²) in [5.41, 5.74) is 6.76. The van der Waals surface area contributed by atoms with Crippen molar-refractivity contribution in [2.75, 3.05) is 26.2 Å². The third-order valence-electron chi connectivity index (χ3n) is 4.27. The molecule has 1 fully saturated rings. The molecule has 1 atom stereocenters. The van der Waals surface area contributed by atoms with Gasteiger partial charge in [-0.2, -0.15) is 4.31 Å². The molecule has 1 saturated heterocycles. The predicted molar refractivity (Wildman–Crippen MR) is 94.1 cm³/mol. The number of nitrogens with zero attached hydrogens (tertiary/aromatic N) is 2. The van der Waals surface area contributed by atoms with E-state index in [2.05, 4.69) is 13.8 Å². The first-order valence-electron chi connectivity index (χ1n) is 8.35. The van der Waals surface area contributed by atoms with Crippen molar-refractivity contribution in [3.8, 4) is 0 Å². The van der Waals surface area contributed by atoms with Gasteiger partial charge in [0, 0.05) is 38.6 Å². The van der Waals surface area contributed by atoms with Gasteiger partial charge in [0.1, 0.15) is 0 Å². The summed E-state index contributed by atoms with van der Waals surface area (Å²) in [5.74, 6) is 0.351. The zero-order chi connectivity index (χ0) is 17.9. The summed E-state index contributed by atoms with van der Waals surface area (Å²) in [7, 11) is -3.51. The summed E-state index contributed by atoms with van der Waals surface area (Å²) in [6.45, 7) is 7.39. The number of benzene rings is 1. The molecule has 0 aliphatic carbocycles. The van der Waals surface area contributed by atoms with Crippen molar-refractivity contribution in [2.24, 2.45) is 5.73 Å². The van der Waals surface area contributed by atoms with Crippen LogP contribution in [0, 0.1) is 0 Å². The van der Waals surface area contributed by atoms with Crippen LogP contribution < -0.4 is 5.73 Å². The Hall–Kier alpha value is -1.44. The molecule has 0 saturated carbocycles. The van der Waals surface area contributed by atoms with Gasteiger partial charge < -0.3 is 10.6 Å². The van der Waals surface area contributed by atoms with Crippen LogP contribution in [0.2, 0.25) is 0 Å². The number of hydrogen-bond acceptors (Lipinski definition) is 4. The Morgan fingerprint density at radius 3 is 2.08 bits per heavy atom. The molecule has 6 nitrogen and oxygen atoms in total. The van der Waals surface area contributed by atoms with Crippen molar-refractivity contribution in [3.63, 3.8) is 0 Å². The molecule has 1 aromatic carbocycles. The molecule has 0 radical (unpaired) electrons. The number of hydrogen-bond donors (Lipinski definition) is 1. The fraction of sp³-hybridized carbons (Fsp3) is 0.588. The number of nitrogens with two attached hydrogens (primary N) is 1. The molecule has 0 bridgehead atoms. The zero-order valence-corrected chi connectivity index (χ0v) is 15.4. The molecule has 7 heteroatoms. The summed E-state index contributed by atoms with van der Waals surface area (Å²) >= 11 is 0. The average Bonchev–Trinajstić information content (AvgIpc) is 2.54. The van der Waals surface area contributed by atoms with Gasteiger partial charge in [0.25, 0.3) is 0 Å². The lowest BCUT2D eigenvalue weighted by Crippen LogP contribution is -2.51. The lowest BCUT2D eigenvalue weighted by Gasteiger charge is -2.34. The van der Waals surface area contributed by atoms with Gasteiger partial charge in [-0.3, -0.25) is 4.79 Å². The third kappa shape index (κ3) is 4.34. The van der Waals surface area contributed by atoms with Crippen LogP contribution in [0.4, 0.5) is 0 Å². The van der Waals surface area contributed by atoms with E-state index in [1.165, 1.54) is 4.31 Å². The van der Waals surface area contributed by atoms with Gasteiger partial charge in [-0.25, -0.2) is 8.42 Å². The molecule has 2 N–H and O–H groups in total. The smallest absolute Gasteiger partial charge is 0.243 e. The van der Waals surface area contributed by atoms with Gasteiger partial charge >= 0.3 is 0 Å². The minimum absolute atomic E-state index is 0.0108. The van der Waals surface area contributed by atoms with Crippen molar-refractivity contribution in [3.05, 3.63) is 29.8 Å². The van der Waals surface area contributed by atoms with Crippen molar-refractivity contribution in [1.82, 2.24) is 9.21 Å². The quantitative estimate of drug-likeness (QED) is 0.867. The molecule has 2 rings (SSSR count). The molecule has 134 valence electrons. The highest BCUT2D eigenvalue weighted by atomic mass is 32.2. The molecule has 24 heavy (non-hydrogen) atoms. The summed E-state index contributed by atoms with van der Waals surface area (Å²) in [4.78, 5) is 14.0. The highest BCUT2D eigenvalue weighted by Crippen LogP contribution is 2.21. The summed E-state index contributed by atoms with van der Waals surface area (Å²) in [5, 5.41) is 0. The Morgan fingerprint density at radius 1 is 1.08 bits per heavy atom. The topological polar surface area (TPSA) is 83.7 Å². The molecule has 0 aromatic heterocycles. The van der Waals surface area contributed by atoms with E-state index < -0.39 is 10.0 Å². The van der Waals surface area contributed by atoms with E-state index >= 15 is 0 Å². The molecule has 1 aliphatic rings. The number of piperazine rings is 1. The lowest BCUT2D eigenvalue weighted by atomic mass is 10.0. The first-order valence-corrected chi connectivity index (χ1v) is 9.79. The SMILES string of the molecule is CC(N)CC(=O)N1CCN(S(=O)(=O)c2ccc(C(C)C)cc2)CC1. The van der Waals surface area contributed by atoms with Crippen LogP contribution in [0.5, 0.6) is 0 Å². The fourth-order valence-corrected chi connectivity index (χ4v) is 4.18. The average molecular weight is 353 g/mol. The van der Waals surface area contributed by atoms with E-state index in [0.717, 1.165) is 5.56 Å². The minimum Gasteiger partial charge on any atom is -0.340 e. The van der Waals surface area contributed by atoms with Crippen LogP contribution in [-0.4, -0.2) is 55.8 Å². The molecular formula is C17H27N3O3S. The largest absolute Gasteiger partial charge is 0.340 e. The second-order valence-corrected chi connectivity index (χ2v) is 8.63. The number of carbonyl (C=O) groups is 1. The minimum atomic E-state index is -3.51. The Bertz CT molecular complexity index is 661. The van der Waals surface area contributed by atoms with Crippen molar-refractivity contribution in [1.29, 1.82) is 0 Å². The van der Waals surface area contributed by atoms with Crippen molar-refractivity contribution < 1.29 is 13.2 Å². The predicted octanol–water partition coefficient (Wildman–Crippen LogP) is 1.38. The monoisotopic (exact) mass is 353 g/mol. The van der Waals surface area contributed by atoms with Crippen LogP contribution in [-0.2, 0) is 14.8 Å². The molecule has 1 aromatic rings. The fourth-order valence-electron chi connectivity index (χ4n) is 2.76. The van der Waals surface area contributed by atoms with E-state index in [-0.39, 0.29) is 11.9 Å². The van der Waals surface area contributed by atoms with Crippen molar-refractivity contribution >= 4 is 15.9 Å². The van der Waals surface area contributed by atoms with Crippen LogP contribution >= 0.6 is 0 Å². The van der Waals surface area contributed by atoms with Crippen LogP contribution in [0.1, 0.15) is 38.7 Å². The normalized spacial score (nSPS) is 18.0. The van der Waals surface area contributed by atoms with E-state index in [9.17, 15) is 13.2 Å². The summed E-state index contributed by atoms with van der Waals surface area (Å²) < 4.78 is 26.9. The Balaban J connectivity index is 2.03. The first-order chi connectivity index (χ1) is 11.2. The van der Waals surface area contributed by atoms with Gasteiger partial charge in [0.05, 0.1) is 4.90 Å². The van der Waals surface area contributed by atoms with Crippen molar-refractivity contribution in [2.45, 2.75) is 44.0 Å². The highest BCUT2D eigenvalue weighted by Gasteiger charge is 2.30. The Labute approximate surface area is 144 Å². The molecule has 1 aliphatic heterocycles. The molecule has 1 amide bonds. The highest BCUT2D eigenvalue weighted by molar-refractivity contribution is 7.89. The van der Waals surface area contributed by atoms with E-state index in [4.69, 9.17) is 5.73 Å². The van der Waals surface area contributed by atoms with Gasteiger partial charge in [0.15, 0.2) is 0 Å². The first kappa shape index (κ1) is 18.9. The van der Waals surface area contributed by atoms with Crippen LogP contribution in [0.3, 0.4) is 0 Å². The number of amides is 1. The van der Waals surface area contributed by atoms with Gasteiger partial charge in [-0.1, -0.05) is 26.0 Å². The molecule has 0 spiro atoms. The van der Waals surface area contributed by atoms with E-state index in [1.807, 2.05) is 12.1 Å². The summed E-state index contributed by atoms with van der Waals surface area (Å²) in [6, 6.07) is 6.87. The maximum atomic E-state index is 12.7. The van der Waals surface area contributed by atoms with Crippen LogP contribution in [0.25, 0.3) is 0 Å². The molecule has 1 unspecified atom stereocenters. The number of carbonyl (C=O) groups excluding carboxylic acids is 1. The van der Waals surface area contributed by atoms with Gasteiger partial charge in [0.2, 0.25) is 15.9 Å². The zero-order valence-electron chi connectivity index (χ0n) is 14.6. The van der Waals surface area contributed by atoms with Crippen LogP contribution in [0.15, 0.2) is 29.2 Å². The maximum absolute atomic E-state index is 12.7. The lowest BCUT2D eigenvalue weighted by molar-refractivity contribution is -0.132. The summed E-state index contributed by atoms with van der Waals surface area (Å²) in [6.07, 6.45) is 0.295. The number of sulfonamides is 1. The Morgan fingerprint density at radius 2 is 1.62 bits per heavy atom. The second-order valence-electron chi connectivity index (χ2n) is 6.69. The molecule has 1 heterocycles. The van der Waals surface area contributed by atoms with E-state index in [0.29, 0.717) is 43.4 Å². The third-order valence-corrected chi connectivity index (χ3v) is 6.19.